The summed E-state index contributed by atoms with van der Waals surface area (Å²) in [4.78, 5) is 22.5. The molecule has 6 heteroatoms. The van der Waals surface area contributed by atoms with Gasteiger partial charge in [0.2, 0.25) is 0 Å². The number of aliphatic carboxylic acids is 1. The highest BCUT2D eigenvalue weighted by Gasteiger charge is 2.31. The molecular formula is C13H23NO5. The van der Waals surface area contributed by atoms with Crippen LogP contribution in [0.5, 0.6) is 0 Å². The van der Waals surface area contributed by atoms with E-state index in [1.165, 1.54) is 0 Å². The van der Waals surface area contributed by atoms with Gasteiger partial charge in [0.1, 0.15) is 12.1 Å². The molecule has 2 atom stereocenters. The van der Waals surface area contributed by atoms with Crippen molar-refractivity contribution in [1.29, 1.82) is 0 Å². The summed E-state index contributed by atoms with van der Waals surface area (Å²) in [5, 5.41) is 19.8. The van der Waals surface area contributed by atoms with E-state index >= 15 is 0 Å². The smallest absolute Gasteiger partial charge is 0.323 e. The van der Waals surface area contributed by atoms with Crippen molar-refractivity contribution < 1.29 is 24.6 Å². The Morgan fingerprint density at radius 3 is 2.47 bits per heavy atom. The molecule has 19 heavy (non-hydrogen) atoms. The molecule has 0 saturated heterocycles. The van der Waals surface area contributed by atoms with Crippen LogP contribution in [0.2, 0.25) is 0 Å². The molecule has 0 aromatic heterocycles. The van der Waals surface area contributed by atoms with Gasteiger partial charge >= 0.3 is 11.9 Å². The topological polar surface area (TPSA) is 87.1 Å². The highest BCUT2D eigenvalue weighted by atomic mass is 16.6. The molecule has 0 radical (unpaired) electrons. The number of hydrogen-bond donors (Lipinski definition) is 2. The average molecular weight is 273 g/mol. The highest BCUT2D eigenvalue weighted by Crippen LogP contribution is 2.27. The van der Waals surface area contributed by atoms with E-state index in [-0.39, 0.29) is 12.6 Å². The normalized spacial score (nSPS) is 24.3. The second kappa shape index (κ2) is 6.34. The molecule has 0 aliphatic heterocycles. The molecule has 0 aromatic rings. The molecule has 1 saturated carbocycles. The zero-order chi connectivity index (χ0) is 14.6. The summed E-state index contributed by atoms with van der Waals surface area (Å²) in [6, 6.07) is -0.289. The Bertz CT molecular complexity index is 336. The molecule has 2 unspecified atom stereocenters. The zero-order valence-corrected chi connectivity index (χ0v) is 11.8. The third kappa shape index (κ3) is 5.57. The molecule has 0 bridgehead atoms. The van der Waals surface area contributed by atoms with Crippen molar-refractivity contribution in [3.05, 3.63) is 0 Å². The fraction of sp³-hybridized carbons (Fsp3) is 0.846. The molecule has 1 fully saturated rings. The van der Waals surface area contributed by atoms with Crippen LogP contribution in [-0.4, -0.2) is 45.5 Å². The summed E-state index contributed by atoms with van der Waals surface area (Å²) in [6.07, 6.45) is 2.44. The number of carbonyl (C=O) groups excluding carboxylic acids is 1. The molecular weight excluding hydrogens is 250 g/mol. The van der Waals surface area contributed by atoms with Gasteiger partial charge in [-0.3, -0.25) is 9.59 Å². The van der Waals surface area contributed by atoms with Crippen molar-refractivity contribution >= 4 is 11.9 Å². The Labute approximate surface area is 113 Å². The summed E-state index contributed by atoms with van der Waals surface area (Å²) in [6.45, 7) is 5.04. The van der Waals surface area contributed by atoms with Crippen molar-refractivity contribution in [3.63, 3.8) is 0 Å². The molecule has 110 valence electrons. The lowest BCUT2D eigenvalue weighted by Crippen LogP contribution is -2.42. The Kier molecular flexibility index (Phi) is 5.31. The summed E-state index contributed by atoms with van der Waals surface area (Å²) < 4.78 is 5.12. The minimum atomic E-state index is -0.838. The molecule has 0 heterocycles. The number of rotatable bonds is 4. The Morgan fingerprint density at radius 1 is 1.32 bits per heavy atom. The molecule has 6 nitrogen and oxygen atoms in total. The van der Waals surface area contributed by atoms with Gasteiger partial charge in [-0.15, -0.1) is 0 Å². The lowest BCUT2D eigenvalue weighted by molar-refractivity contribution is -0.181. The van der Waals surface area contributed by atoms with E-state index in [9.17, 15) is 14.8 Å². The van der Waals surface area contributed by atoms with Crippen LogP contribution in [0.15, 0.2) is 0 Å². The number of ether oxygens (including phenoxy) is 1. The van der Waals surface area contributed by atoms with Gasteiger partial charge in [-0.2, -0.15) is 5.06 Å². The maximum Gasteiger partial charge on any atom is 0.323 e. The largest absolute Gasteiger partial charge is 0.481 e. The van der Waals surface area contributed by atoms with Crippen molar-refractivity contribution in [2.75, 3.05) is 6.54 Å². The monoisotopic (exact) mass is 273 g/mol. The minimum Gasteiger partial charge on any atom is -0.481 e. The van der Waals surface area contributed by atoms with Crippen molar-refractivity contribution in [3.8, 4) is 0 Å². The third-order valence-electron chi connectivity index (χ3n) is 3.13. The van der Waals surface area contributed by atoms with Gasteiger partial charge in [0.25, 0.3) is 0 Å². The number of hydrogen-bond acceptors (Lipinski definition) is 5. The van der Waals surface area contributed by atoms with Crippen LogP contribution < -0.4 is 0 Å². The predicted octanol–water partition coefficient (Wildman–Crippen LogP) is 1.66. The first kappa shape index (κ1) is 15.9. The summed E-state index contributed by atoms with van der Waals surface area (Å²) in [5.74, 6) is -1.78. The van der Waals surface area contributed by atoms with Crippen molar-refractivity contribution in [1.82, 2.24) is 5.06 Å². The van der Waals surface area contributed by atoms with Gasteiger partial charge in [-0.25, -0.2) is 0 Å². The van der Waals surface area contributed by atoms with Crippen molar-refractivity contribution in [2.45, 2.75) is 58.1 Å². The Morgan fingerprint density at radius 2 is 1.95 bits per heavy atom. The van der Waals surface area contributed by atoms with Gasteiger partial charge in [-0.1, -0.05) is 6.42 Å². The first-order chi connectivity index (χ1) is 8.69. The molecule has 1 aliphatic rings. The highest BCUT2D eigenvalue weighted by molar-refractivity contribution is 5.72. The van der Waals surface area contributed by atoms with Gasteiger partial charge in [0, 0.05) is 6.04 Å². The van der Waals surface area contributed by atoms with Gasteiger partial charge < -0.3 is 15.1 Å². The van der Waals surface area contributed by atoms with Crippen LogP contribution in [0.25, 0.3) is 0 Å². The van der Waals surface area contributed by atoms with Gasteiger partial charge in [0.05, 0.1) is 5.92 Å². The number of nitrogens with zero attached hydrogens (tertiary/aromatic N) is 1. The molecule has 1 aliphatic carbocycles. The second-order valence-electron chi connectivity index (χ2n) is 6.04. The number of carbonyl (C=O) groups is 2. The molecule has 0 aromatic carbocycles. The Hall–Kier alpha value is -1.14. The third-order valence-corrected chi connectivity index (χ3v) is 3.13. The molecule has 2 N–H and O–H groups in total. The lowest BCUT2D eigenvalue weighted by atomic mass is 9.85. The summed E-state index contributed by atoms with van der Waals surface area (Å²) >= 11 is 0. The maximum absolute atomic E-state index is 11.6. The van der Waals surface area contributed by atoms with Crippen LogP contribution in [-0.2, 0) is 14.3 Å². The Balaban J connectivity index is 2.46. The fourth-order valence-electron chi connectivity index (χ4n) is 2.29. The van der Waals surface area contributed by atoms with Crippen LogP contribution in [0.1, 0.15) is 46.5 Å². The van der Waals surface area contributed by atoms with Gasteiger partial charge in [-0.05, 0) is 40.0 Å². The minimum absolute atomic E-state index is 0.228. The maximum atomic E-state index is 11.6. The SMILES string of the molecule is CC(C)(C)OC(=O)CN(O)C1CCCC(C(=O)O)C1. The number of esters is 1. The first-order valence-electron chi connectivity index (χ1n) is 6.59. The van der Waals surface area contributed by atoms with Crippen LogP contribution >= 0.6 is 0 Å². The molecule has 0 amide bonds. The standard InChI is InChI=1S/C13H23NO5/c1-13(2,3)19-11(15)8-14(18)10-6-4-5-9(7-10)12(16)17/h9-10,18H,4-8H2,1-3H3,(H,16,17). The van der Waals surface area contributed by atoms with Crippen LogP contribution in [0, 0.1) is 5.92 Å². The van der Waals surface area contributed by atoms with Crippen LogP contribution in [0.3, 0.4) is 0 Å². The number of carboxylic acids is 1. The van der Waals surface area contributed by atoms with E-state index < -0.39 is 23.5 Å². The van der Waals surface area contributed by atoms with E-state index in [0.717, 1.165) is 11.5 Å². The zero-order valence-electron chi connectivity index (χ0n) is 11.8. The van der Waals surface area contributed by atoms with E-state index in [1.54, 1.807) is 20.8 Å². The van der Waals surface area contributed by atoms with E-state index in [1.807, 2.05) is 0 Å². The first-order valence-corrected chi connectivity index (χ1v) is 6.59. The van der Waals surface area contributed by atoms with Gasteiger partial charge in [0.15, 0.2) is 0 Å². The van der Waals surface area contributed by atoms with E-state index in [2.05, 4.69) is 0 Å². The lowest BCUT2D eigenvalue weighted by Gasteiger charge is -2.32. The number of carboxylic acid groups (broad SMARTS) is 1. The molecule has 1 rings (SSSR count). The quantitative estimate of drug-likeness (QED) is 0.598. The summed E-state index contributed by atoms with van der Waals surface area (Å²) in [7, 11) is 0. The average Bonchev–Trinajstić information content (AvgIpc) is 2.26. The summed E-state index contributed by atoms with van der Waals surface area (Å²) in [5.41, 5.74) is -0.589. The van der Waals surface area contributed by atoms with E-state index in [4.69, 9.17) is 9.84 Å². The van der Waals surface area contributed by atoms with Crippen LogP contribution in [0.4, 0.5) is 0 Å². The van der Waals surface area contributed by atoms with Crippen molar-refractivity contribution in [2.24, 2.45) is 5.92 Å². The molecule has 0 spiro atoms. The fourth-order valence-corrected chi connectivity index (χ4v) is 2.29. The second-order valence-corrected chi connectivity index (χ2v) is 6.04. The predicted molar refractivity (Wildman–Crippen MR) is 67.7 cm³/mol. The number of hydroxylamine groups is 2. The van der Waals surface area contributed by atoms with E-state index in [0.29, 0.717) is 19.3 Å².